The lowest BCUT2D eigenvalue weighted by Crippen LogP contribution is -2.43. The monoisotopic (exact) mass is 254 g/mol. The standard InChI is InChI=1S/C15H30OSi/c1-6-7-8-9-10-15-11-12-16-17(15,13(2)3)14(4)5/h10,13-14H,6-9,11-12H2,1-5H3/b15-10+. The lowest BCUT2D eigenvalue weighted by Gasteiger charge is -2.35. The van der Waals surface area contributed by atoms with Crippen LogP contribution in [0, 0.1) is 0 Å². The van der Waals surface area contributed by atoms with Crippen molar-refractivity contribution in [3.8, 4) is 0 Å². The molecule has 100 valence electrons. The first-order valence-electron chi connectivity index (χ1n) is 7.39. The van der Waals surface area contributed by atoms with E-state index in [1.807, 2.05) is 0 Å². The molecule has 0 unspecified atom stereocenters. The zero-order valence-corrected chi connectivity index (χ0v) is 13.4. The molecule has 1 rings (SSSR count). The summed E-state index contributed by atoms with van der Waals surface area (Å²) in [6.07, 6.45) is 9.03. The summed E-state index contributed by atoms with van der Waals surface area (Å²) in [6, 6.07) is 0. The molecule has 2 heteroatoms. The maximum absolute atomic E-state index is 6.30. The predicted molar refractivity (Wildman–Crippen MR) is 78.7 cm³/mol. The topological polar surface area (TPSA) is 9.23 Å². The third kappa shape index (κ3) is 3.23. The molecule has 0 radical (unpaired) electrons. The second kappa shape index (κ2) is 6.74. The van der Waals surface area contributed by atoms with Crippen LogP contribution in [-0.2, 0) is 4.43 Å². The average Bonchev–Trinajstić information content (AvgIpc) is 2.69. The SMILES string of the molecule is CCCCC/C=C1\CCO[Si]1(C(C)C)C(C)C. The molecule has 0 aromatic heterocycles. The van der Waals surface area contributed by atoms with E-state index in [-0.39, 0.29) is 0 Å². The zero-order valence-electron chi connectivity index (χ0n) is 12.4. The molecule has 1 fully saturated rings. The number of hydrogen-bond acceptors (Lipinski definition) is 1. The Morgan fingerprint density at radius 2 is 1.82 bits per heavy atom. The fraction of sp³-hybridized carbons (Fsp3) is 0.867. The van der Waals surface area contributed by atoms with Gasteiger partial charge in [-0.05, 0) is 30.3 Å². The molecule has 1 aliphatic heterocycles. The van der Waals surface area contributed by atoms with E-state index in [0.717, 1.165) is 6.61 Å². The first-order valence-corrected chi connectivity index (χ1v) is 9.45. The molecule has 0 amide bonds. The van der Waals surface area contributed by atoms with Crippen molar-refractivity contribution in [3.63, 3.8) is 0 Å². The number of hydrogen-bond donors (Lipinski definition) is 0. The van der Waals surface area contributed by atoms with Crippen molar-refractivity contribution in [2.45, 2.75) is 77.8 Å². The number of unbranched alkanes of at least 4 members (excludes halogenated alkanes) is 3. The lowest BCUT2D eigenvalue weighted by molar-refractivity contribution is 0.329. The van der Waals surface area contributed by atoms with E-state index < -0.39 is 8.32 Å². The molecule has 0 spiro atoms. The fourth-order valence-corrected chi connectivity index (χ4v) is 8.36. The van der Waals surface area contributed by atoms with Gasteiger partial charge in [0.15, 0.2) is 0 Å². The van der Waals surface area contributed by atoms with Crippen molar-refractivity contribution in [1.29, 1.82) is 0 Å². The fourth-order valence-electron chi connectivity index (χ4n) is 3.29. The summed E-state index contributed by atoms with van der Waals surface area (Å²) in [5.74, 6) is 0. The van der Waals surface area contributed by atoms with Gasteiger partial charge in [-0.25, -0.2) is 0 Å². The molecular formula is C15H30OSi. The Labute approximate surface area is 109 Å². The molecule has 0 aliphatic carbocycles. The molecule has 1 aliphatic rings. The van der Waals surface area contributed by atoms with Crippen molar-refractivity contribution in [2.75, 3.05) is 6.61 Å². The summed E-state index contributed by atoms with van der Waals surface area (Å²) in [5.41, 5.74) is 1.42. The average molecular weight is 254 g/mol. The smallest absolute Gasteiger partial charge is 0.225 e. The highest BCUT2D eigenvalue weighted by molar-refractivity contribution is 6.83. The van der Waals surface area contributed by atoms with Crippen LogP contribution in [0.1, 0.15) is 66.7 Å². The quantitative estimate of drug-likeness (QED) is 0.466. The highest BCUT2D eigenvalue weighted by atomic mass is 28.4. The van der Waals surface area contributed by atoms with Crippen molar-refractivity contribution >= 4 is 8.32 Å². The van der Waals surface area contributed by atoms with Crippen LogP contribution in [0.2, 0.25) is 11.1 Å². The molecule has 1 heterocycles. The van der Waals surface area contributed by atoms with Crippen molar-refractivity contribution in [3.05, 3.63) is 11.3 Å². The largest absolute Gasteiger partial charge is 0.412 e. The van der Waals surface area contributed by atoms with Gasteiger partial charge in [-0.2, -0.15) is 0 Å². The molecule has 0 saturated carbocycles. The molecule has 0 bridgehead atoms. The van der Waals surface area contributed by atoms with Gasteiger partial charge in [-0.15, -0.1) is 0 Å². The van der Waals surface area contributed by atoms with E-state index in [2.05, 4.69) is 40.7 Å². The molecule has 1 saturated heterocycles. The molecule has 0 aromatic carbocycles. The third-order valence-corrected chi connectivity index (χ3v) is 9.70. The Bertz CT molecular complexity index is 248. The molecule has 0 atom stereocenters. The Hall–Kier alpha value is -0.0831. The number of allylic oxidation sites excluding steroid dienone is 1. The first kappa shape index (κ1) is 15.0. The highest BCUT2D eigenvalue weighted by Crippen LogP contribution is 2.44. The van der Waals surface area contributed by atoms with Crippen LogP contribution in [0.4, 0.5) is 0 Å². The third-order valence-electron chi connectivity index (χ3n) is 4.13. The maximum atomic E-state index is 6.30. The summed E-state index contributed by atoms with van der Waals surface area (Å²) >= 11 is 0. The van der Waals surface area contributed by atoms with Gasteiger partial charge in [0, 0.05) is 6.61 Å². The summed E-state index contributed by atoms with van der Waals surface area (Å²) in [7, 11) is -1.62. The number of rotatable bonds is 6. The van der Waals surface area contributed by atoms with Gasteiger partial charge in [0.25, 0.3) is 0 Å². The van der Waals surface area contributed by atoms with Gasteiger partial charge < -0.3 is 4.43 Å². The Kier molecular flexibility index (Phi) is 5.94. The Morgan fingerprint density at radius 3 is 2.35 bits per heavy atom. The minimum absolute atomic E-state index is 0.711. The minimum atomic E-state index is -1.62. The van der Waals surface area contributed by atoms with Crippen LogP contribution in [0.25, 0.3) is 0 Å². The van der Waals surface area contributed by atoms with Gasteiger partial charge in [-0.3, -0.25) is 0 Å². The van der Waals surface area contributed by atoms with Gasteiger partial charge in [-0.1, -0.05) is 58.7 Å². The second-order valence-electron chi connectivity index (χ2n) is 5.93. The molecule has 0 N–H and O–H groups in total. The zero-order chi connectivity index (χ0) is 12.9. The highest BCUT2D eigenvalue weighted by Gasteiger charge is 2.48. The molecule has 0 aromatic rings. The summed E-state index contributed by atoms with van der Waals surface area (Å²) < 4.78 is 6.30. The van der Waals surface area contributed by atoms with Crippen LogP contribution >= 0.6 is 0 Å². The molecule has 17 heavy (non-hydrogen) atoms. The van der Waals surface area contributed by atoms with Crippen molar-refractivity contribution in [1.82, 2.24) is 0 Å². The maximum Gasteiger partial charge on any atom is 0.225 e. The van der Waals surface area contributed by atoms with Gasteiger partial charge in [0.2, 0.25) is 8.32 Å². The van der Waals surface area contributed by atoms with Crippen molar-refractivity contribution < 1.29 is 4.43 Å². The Morgan fingerprint density at radius 1 is 1.18 bits per heavy atom. The normalized spacial score (nSPS) is 21.9. The van der Waals surface area contributed by atoms with E-state index >= 15 is 0 Å². The predicted octanol–water partition coefficient (Wildman–Crippen LogP) is 5.22. The van der Waals surface area contributed by atoms with E-state index in [1.165, 1.54) is 32.1 Å². The van der Waals surface area contributed by atoms with E-state index in [4.69, 9.17) is 4.43 Å². The van der Waals surface area contributed by atoms with Gasteiger partial charge in [0.1, 0.15) is 0 Å². The Balaban J connectivity index is 2.75. The van der Waals surface area contributed by atoms with E-state index in [0.29, 0.717) is 11.1 Å². The first-order chi connectivity index (χ1) is 8.05. The summed E-state index contributed by atoms with van der Waals surface area (Å²) in [5, 5.41) is 1.71. The second-order valence-corrected chi connectivity index (χ2v) is 10.8. The van der Waals surface area contributed by atoms with Gasteiger partial charge in [0.05, 0.1) is 0 Å². The minimum Gasteiger partial charge on any atom is -0.412 e. The molecule has 1 nitrogen and oxygen atoms in total. The lowest BCUT2D eigenvalue weighted by atomic mass is 10.2. The molecular weight excluding hydrogens is 224 g/mol. The summed E-state index contributed by atoms with van der Waals surface area (Å²) in [4.78, 5) is 0. The van der Waals surface area contributed by atoms with E-state index in [1.54, 1.807) is 5.20 Å². The summed E-state index contributed by atoms with van der Waals surface area (Å²) in [6.45, 7) is 12.7. The van der Waals surface area contributed by atoms with Crippen LogP contribution in [0.15, 0.2) is 11.3 Å². The van der Waals surface area contributed by atoms with Crippen LogP contribution in [0.5, 0.6) is 0 Å². The van der Waals surface area contributed by atoms with E-state index in [9.17, 15) is 0 Å². The van der Waals surface area contributed by atoms with Crippen LogP contribution in [0.3, 0.4) is 0 Å². The van der Waals surface area contributed by atoms with Gasteiger partial charge >= 0.3 is 0 Å². The van der Waals surface area contributed by atoms with Crippen LogP contribution < -0.4 is 0 Å². The van der Waals surface area contributed by atoms with Crippen LogP contribution in [-0.4, -0.2) is 14.9 Å². The van der Waals surface area contributed by atoms with Crippen molar-refractivity contribution in [2.24, 2.45) is 0 Å².